The van der Waals surface area contributed by atoms with Gasteiger partial charge in [-0.15, -0.1) is 11.3 Å². The van der Waals surface area contributed by atoms with Gasteiger partial charge in [-0.25, -0.2) is 15.0 Å². The zero-order chi connectivity index (χ0) is 21.2. The molecule has 158 valence electrons. The summed E-state index contributed by atoms with van der Waals surface area (Å²) in [6.45, 7) is 3.47. The third kappa shape index (κ3) is 4.14. The highest BCUT2D eigenvalue weighted by Gasteiger charge is 2.27. The molecule has 0 aliphatic carbocycles. The van der Waals surface area contributed by atoms with E-state index in [4.69, 9.17) is 4.74 Å². The zero-order valence-electron chi connectivity index (χ0n) is 17.1. The number of hydrogen-bond donors (Lipinski definition) is 1. The van der Waals surface area contributed by atoms with E-state index < -0.39 is 0 Å². The van der Waals surface area contributed by atoms with Crippen molar-refractivity contribution in [1.82, 2.24) is 24.3 Å². The third-order valence-electron chi connectivity index (χ3n) is 5.33. The van der Waals surface area contributed by atoms with Gasteiger partial charge in [-0.05, 0) is 31.2 Å². The largest absolute Gasteiger partial charge is 0.368 e. The first-order valence-electron chi connectivity index (χ1n) is 10.1. The molecule has 1 aliphatic rings. The number of carbonyl (C=O) groups is 1. The maximum atomic E-state index is 13.1. The Morgan fingerprint density at radius 3 is 3.06 bits per heavy atom. The first-order valence-corrected chi connectivity index (χ1v) is 11.0. The molecule has 1 atom stereocenters. The van der Waals surface area contributed by atoms with Crippen molar-refractivity contribution in [2.45, 2.75) is 19.4 Å². The topological polar surface area (TPSA) is 84.7 Å². The summed E-state index contributed by atoms with van der Waals surface area (Å²) >= 11 is 1.51. The monoisotopic (exact) mass is 434 g/mol. The number of carbonyl (C=O) groups excluding carboxylic acids is 1. The quantitative estimate of drug-likeness (QED) is 0.518. The van der Waals surface area contributed by atoms with Crippen LogP contribution in [0.15, 0.2) is 54.2 Å². The molecule has 1 aliphatic heterocycles. The molecule has 4 aromatic heterocycles. The number of rotatable bonds is 5. The van der Waals surface area contributed by atoms with Crippen LogP contribution in [0.5, 0.6) is 0 Å². The van der Waals surface area contributed by atoms with Gasteiger partial charge in [0.1, 0.15) is 17.6 Å². The lowest BCUT2D eigenvalue weighted by Gasteiger charge is -2.33. The van der Waals surface area contributed by atoms with Gasteiger partial charge in [-0.2, -0.15) is 0 Å². The standard InChI is InChI=1S/C22H22N6O2S/c1-15-17(28-9-3-2-7-20(28)24-15)13-21(29)27-10-11-30-18(14-27)16-5-4-6-19(25-16)26-22-23-8-12-31-22/h2-9,12,18H,10-11,13-14H2,1H3,(H,23,25,26). The smallest absolute Gasteiger partial charge is 0.228 e. The van der Waals surface area contributed by atoms with Gasteiger partial charge in [0.15, 0.2) is 5.13 Å². The molecule has 0 bridgehead atoms. The Balaban J connectivity index is 1.30. The van der Waals surface area contributed by atoms with Crippen molar-refractivity contribution in [3.8, 4) is 0 Å². The summed E-state index contributed by atoms with van der Waals surface area (Å²) in [4.78, 5) is 28.4. The fourth-order valence-corrected chi connectivity index (χ4v) is 4.32. The number of amides is 1. The van der Waals surface area contributed by atoms with Crippen LogP contribution in [-0.4, -0.2) is 49.9 Å². The Morgan fingerprint density at radius 2 is 2.19 bits per heavy atom. The van der Waals surface area contributed by atoms with E-state index in [1.54, 1.807) is 6.20 Å². The number of imidazole rings is 1. The van der Waals surface area contributed by atoms with E-state index >= 15 is 0 Å². The molecule has 1 fully saturated rings. The summed E-state index contributed by atoms with van der Waals surface area (Å²) in [6, 6.07) is 11.6. The minimum absolute atomic E-state index is 0.0686. The molecule has 5 rings (SSSR count). The predicted molar refractivity (Wildman–Crippen MR) is 119 cm³/mol. The third-order valence-corrected chi connectivity index (χ3v) is 6.02. The van der Waals surface area contributed by atoms with Crippen LogP contribution in [0.2, 0.25) is 0 Å². The number of hydrogen-bond acceptors (Lipinski definition) is 7. The van der Waals surface area contributed by atoms with E-state index in [1.165, 1.54) is 11.3 Å². The van der Waals surface area contributed by atoms with Crippen molar-refractivity contribution in [3.05, 3.63) is 71.3 Å². The highest BCUT2D eigenvalue weighted by molar-refractivity contribution is 7.13. The van der Waals surface area contributed by atoms with E-state index in [1.807, 2.05) is 64.2 Å². The average molecular weight is 435 g/mol. The lowest BCUT2D eigenvalue weighted by atomic mass is 10.1. The minimum atomic E-state index is -0.265. The number of pyridine rings is 2. The molecule has 4 aromatic rings. The van der Waals surface area contributed by atoms with Gasteiger partial charge in [0.05, 0.1) is 36.7 Å². The van der Waals surface area contributed by atoms with E-state index in [-0.39, 0.29) is 12.0 Å². The Kier molecular flexibility index (Phi) is 5.35. The molecule has 8 nitrogen and oxygen atoms in total. The Hall–Kier alpha value is -3.30. The molecule has 0 radical (unpaired) electrons. The number of fused-ring (bicyclic) bond motifs is 1. The first kappa shape index (κ1) is 19.7. The maximum Gasteiger partial charge on any atom is 0.228 e. The second-order valence-corrected chi connectivity index (χ2v) is 8.25. The summed E-state index contributed by atoms with van der Waals surface area (Å²) in [6.07, 6.45) is 3.74. The number of ether oxygens (including phenoxy) is 1. The molecule has 1 amide bonds. The lowest BCUT2D eigenvalue weighted by Crippen LogP contribution is -2.43. The van der Waals surface area contributed by atoms with Crippen LogP contribution in [0.4, 0.5) is 10.9 Å². The number of nitrogens with one attached hydrogen (secondary N) is 1. The van der Waals surface area contributed by atoms with Crippen LogP contribution in [0.1, 0.15) is 23.2 Å². The number of thiazole rings is 1. The molecule has 9 heteroatoms. The van der Waals surface area contributed by atoms with Crippen molar-refractivity contribution >= 4 is 33.8 Å². The van der Waals surface area contributed by atoms with E-state index in [0.29, 0.717) is 31.9 Å². The summed E-state index contributed by atoms with van der Waals surface area (Å²) in [5.41, 5.74) is 3.46. The number of morpholine rings is 1. The molecule has 31 heavy (non-hydrogen) atoms. The summed E-state index contributed by atoms with van der Waals surface area (Å²) in [5, 5.41) is 5.90. The highest BCUT2D eigenvalue weighted by atomic mass is 32.1. The summed E-state index contributed by atoms with van der Waals surface area (Å²) < 4.78 is 7.94. The van der Waals surface area contributed by atoms with Gasteiger partial charge < -0.3 is 19.4 Å². The summed E-state index contributed by atoms with van der Waals surface area (Å²) in [5.74, 6) is 0.778. The second-order valence-electron chi connectivity index (χ2n) is 7.36. The molecule has 5 heterocycles. The molecule has 1 N–H and O–H groups in total. The summed E-state index contributed by atoms with van der Waals surface area (Å²) in [7, 11) is 0. The molecule has 1 unspecified atom stereocenters. The molecule has 1 saturated heterocycles. The van der Waals surface area contributed by atoms with E-state index in [0.717, 1.165) is 27.9 Å². The minimum Gasteiger partial charge on any atom is -0.368 e. The van der Waals surface area contributed by atoms with Crippen LogP contribution in [-0.2, 0) is 16.0 Å². The first-order chi connectivity index (χ1) is 15.2. The fraction of sp³-hybridized carbons (Fsp3) is 0.273. The van der Waals surface area contributed by atoms with E-state index in [9.17, 15) is 4.79 Å². The van der Waals surface area contributed by atoms with Crippen LogP contribution in [0.3, 0.4) is 0 Å². The van der Waals surface area contributed by atoms with Crippen LogP contribution in [0, 0.1) is 6.92 Å². The predicted octanol–water partition coefficient (Wildman–Crippen LogP) is 3.38. The molecule has 0 aromatic carbocycles. The zero-order valence-corrected chi connectivity index (χ0v) is 17.9. The van der Waals surface area contributed by atoms with Crippen LogP contribution >= 0.6 is 11.3 Å². The Morgan fingerprint density at radius 1 is 1.26 bits per heavy atom. The van der Waals surface area contributed by atoms with Gasteiger partial charge in [0, 0.05) is 24.3 Å². The van der Waals surface area contributed by atoms with Crippen molar-refractivity contribution in [3.63, 3.8) is 0 Å². The molecule has 0 saturated carbocycles. The number of anilines is 2. The van der Waals surface area contributed by atoms with Gasteiger partial charge in [-0.3, -0.25) is 4.79 Å². The van der Waals surface area contributed by atoms with Crippen LogP contribution < -0.4 is 5.32 Å². The average Bonchev–Trinajstić information content (AvgIpc) is 3.42. The van der Waals surface area contributed by atoms with Gasteiger partial charge in [0.2, 0.25) is 5.91 Å². The Bertz CT molecular complexity index is 1210. The maximum absolute atomic E-state index is 13.1. The van der Waals surface area contributed by atoms with Crippen molar-refractivity contribution in [2.75, 3.05) is 25.0 Å². The van der Waals surface area contributed by atoms with Crippen molar-refractivity contribution < 1.29 is 9.53 Å². The van der Waals surface area contributed by atoms with Gasteiger partial charge in [0.25, 0.3) is 0 Å². The van der Waals surface area contributed by atoms with Gasteiger partial charge >= 0.3 is 0 Å². The fourth-order valence-electron chi connectivity index (χ4n) is 3.78. The Labute approximate surface area is 183 Å². The second kappa shape index (κ2) is 8.44. The number of nitrogens with zero attached hydrogens (tertiary/aromatic N) is 5. The van der Waals surface area contributed by atoms with Gasteiger partial charge in [-0.1, -0.05) is 12.1 Å². The molecular formula is C22H22N6O2S. The number of aromatic nitrogens is 4. The molecular weight excluding hydrogens is 412 g/mol. The van der Waals surface area contributed by atoms with E-state index in [2.05, 4.69) is 20.3 Å². The highest BCUT2D eigenvalue weighted by Crippen LogP contribution is 2.24. The normalized spacial score (nSPS) is 16.5. The van der Waals surface area contributed by atoms with Crippen molar-refractivity contribution in [2.24, 2.45) is 0 Å². The molecule has 0 spiro atoms. The van der Waals surface area contributed by atoms with Crippen LogP contribution in [0.25, 0.3) is 5.65 Å². The lowest BCUT2D eigenvalue weighted by molar-refractivity contribution is -0.138. The van der Waals surface area contributed by atoms with Crippen molar-refractivity contribution in [1.29, 1.82) is 0 Å². The SMILES string of the molecule is Cc1nc2ccccn2c1CC(=O)N1CCOC(c2cccc(Nc3nccs3)n2)C1. The number of aryl methyl sites for hydroxylation is 1.